The monoisotopic (exact) mass is 374 g/mol. The lowest BCUT2D eigenvalue weighted by Gasteiger charge is -2.20. The number of carbonyl (C=O) groups is 1. The fourth-order valence-corrected chi connectivity index (χ4v) is 4.20. The molecule has 8 heteroatoms. The van der Waals surface area contributed by atoms with Crippen molar-refractivity contribution in [2.45, 2.75) is 13.0 Å². The number of hydrogen-bond donors (Lipinski definition) is 0. The topological polar surface area (TPSA) is 62.5 Å². The van der Waals surface area contributed by atoms with Crippen molar-refractivity contribution in [2.24, 2.45) is 0 Å². The molecule has 0 N–H and O–H groups in total. The van der Waals surface area contributed by atoms with E-state index in [4.69, 9.17) is 4.52 Å². The fourth-order valence-electron chi connectivity index (χ4n) is 2.92. The molecule has 1 amide bonds. The summed E-state index contributed by atoms with van der Waals surface area (Å²) in [6.45, 7) is 3.87. The quantitative estimate of drug-likeness (QED) is 0.702. The van der Waals surface area contributed by atoms with Crippen molar-refractivity contribution >= 4 is 28.6 Å². The van der Waals surface area contributed by atoms with E-state index >= 15 is 0 Å². The van der Waals surface area contributed by atoms with E-state index in [-0.39, 0.29) is 5.91 Å². The van der Waals surface area contributed by atoms with Gasteiger partial charge in [-0.05, 0) is 29.3 Å². The van der Waals surface area contributed by atoms with Crippen molar-refractivity contribution in [1.29, 1.82) is 0 Å². The Morgan fingerprint density at radius 3 is 2.96 bits per heavy atom. The number of rotatable bonds is 4. The van der Waals surface area contributed by atoms with Crippen molar-refractivity contribution in [3.63, 3.8) is 0 Å². The molecule has 4 rings (SSSR count). The van der Waals surface area contributed by atoms with Gasteiger partial charge in [0.1, 0.15) is 0 Å². The van der Waals surface area contributed by atoms with Crippen LogP contribution in [0.25, 0.3) is 10.7 Å². The van der Waals surface area contributed by atoms with Crippen LogP contribution in [0, 0.1) is 0 Å². The van der Waals surface area contributed by atoms with Crippen molar-refractivity contribution in [3.8, 4) is 10.7 Å². The van der Waals surface area contributed by atoms with Crippen LogP contribution in [0.2, 0.25) is 0 Å². The third-order valence-corrected chi connectivity index (χ3v) is 5.76. The Morgan fingerprint density at radius 1 is 1.20 bits per heavy atom. The first-order valence-corrected chi connectivity index (χ1v) is 10.0. The number of hydrogen-bond acceptors (Lipinski definition) is 7. The van der Waals surface area contributed by atoms with Crippen LogP contribution in [0.5, 0.6) is 0 Å². The molecule has 1 fully saturated rings. The zero-order valence-corrected chi connectivity index (χ0v) is 15.3. The SMILES string of the molecule is O=C(c1ccsc1)N1CCCN(Cc2nc(-c3cccs3)no2)CC1. The molecule has 25 heavy (non-hydrogen) atoms. The maximum absolute atomic E-state index is 12.5. The summed E-state index contributed by atoms with van der Waals surface area (Å²) >= 11 is 3.15. The molecule has 1 aliphatic heterocycles. The van der Waals surface area contributed by atoms with Crippen molar-refractivity contribution in [2.75, 3.05) is 26.2 Å². The molecular weight excluding hydrogens is 356 g/mol. The smallest absolute Gasteiger partial charge is 0.254 e. The van der Waals surface area contributed by atoms with Gasteiger partial charge in [-0.15, -0.1) is 11.3 Å². The first-order valence-electron chi connectivity index (χ1n) is 8.20. The van der Waals surface area contributed by atoms with Gasteiger partial charge in [-0.2, -0.15) is 16.3 Å². The number of aromatic nitrogens is 2. The lowest BCUT2D eigenvalue weighted by Crippen LogP contribution is -2.34. The molecule has 4 heterocycles. The minimum Gasteiger partial charge on any atom is -0.338 e. The highest BCUT2D eigenvalue weighted by molar-refractivity contribution is 7.13. The second-order valence-corrected chi connectivity index (χ2v) is 7.65. The van der Waals surface area contributed by atoms with E-state index in [1.807, 2.05) is 39.2 Å². The number of nitrogens with zero attached hydrogens (tertiary/aromatic N) is 4. The average Bonchev–Trinajstić information content (AvgIpc) is 3.36. The molecule has 0 aliphatic carbocycles. The van der Waals surface area contributed by atoms with Crippen LogP contribution in [0.4, 0.5) is 0 Å². The maximum atomic E-state index is 12.5. The van der Waals surface area contributed by atoms with E-state index < -0.39 is 0 Å². The molecule has 0 aromatic carbocycles. The summed E-state index contributed by atoms with van der Waals surface area (Å²) in [7, 11) is 0. The van der Waals surface area contributed by atoms with Crippen molar-refractivity contribution in [3.05, 3.63) is 45.8 Å². The summed E-state index contributed by atoms with van der Waals surface area (Å²) in [5, 5.41) is 9.91. The molecule has 0 atom stereocenters. The van der Waals surface area contributed by atoms with Crippen LogP contribution in [-0.2, 0) is 6.54 Å². The Hall–Kier alpha value is -2.03. The van der Waals surface area contributed by atoms with Gasteiger partial charge in [0, 0.05) is 31.6 Å². The van der Waals surface area contributed by atoms with E-state index in [1.54, 1.807) is 22.7 Å². The Labute approximate surface area is 153 Å². The predicted molar refractivity (Wildman–Crippen MR) is 97.7 cm³/mol. The van der Waals surface area contributed by atoms with E-state index in [1.165, 1.54) is 0 Å². The molecular formula is C17H18N4O2S2. The molecule has 0 unspecified atom stereocenters. The summed E-state index contributed by atoms with van der Waals surface area (Å²) in [4.78, 5) is 22.2. The summed E-state index contributed by atoms with van der Waals surface area (Å²) in [5.74, 6) is 1.40. The maximum Gasteiger partial charge on any atom is 0.254 e. The second kappa shape index (κ2) is 7.47. The van der Waals surface area contributed by atoms with Crippen LogP contribution >= 0.6 is 22.7 Å². The van der Waals surface area contributed by atoms with Gasteiger partial charge in [-0.25, -0.2) is 0 Å². The Bertz CT molecular complexity index is 814. The lowest BCUT2D eigenvalue weighted by atomic mass is 10.3. The highest BCUT2D eigenvalue weighted by atomic mass is 32.1. The van der Waals surface area contributed by atoms with Gasteiger partial charge in [0.05, 0.1) is 17.0 Å². The van der Waals surface area contributed by atoms with Gasteiger partial charge in [0.2, 0.25) is 11.7 Å². The van der Waals surface area contributed by atoms with Crippen LogP contribution in [0.3, 0.4) is 0 Å². The zero-order valence-electron chi connectivity index (χ0n) is 13.6. The zero-order chi connectivity index (χ0) is 17.1. The number of amides is 1. The standard InChI is InChI=1S/C17H18N4O2S2/c22-17(13-4-10-24-12-13)21-6-2-5-20(7-8-21)11-15-18-16(19-23-15)14-3-1-9-25-14/h1,3-4,9-10,12H,2,5-8,11H2. The van der Waals surface area contributed by atoms with Crippen LogP contribution in [-0.4, -0.2) is 52.0 Å². The minimum atomic E-state index is 0.126. The summed E-state index contributed by atoms with van der Waals surface area (Å²) in [5.41, 5.74) is 0.788. The number of thiophene rings is 2. The van der Waals surface area contributed by atoms with Gasteiger partial charge >= 0.3 is 0 Å². The van der Waals surface area contributed by atoms with Crippen LogP contribution in [0.15, 0.2) is 38.9 Å². The van der Waals surface area contributed by atoms with Crippen LogP contribution in [0.1, 0.15) is 22.7 Å². The third kappa shape index (κ3) is 3.81. The molecule has 3 aromatic heterocycles. The largest absolute Gasteiger partial charge is 0.338 e. The summed E-state index contributed by atoms with van der Waals surface area (Å²) in [6, 6.07) is 5.85. The Kier molecular flexibility index (Phi) is 4.91. The van der Waals surface area contributed by atoms with Gasteiger partial charge in [-0.1, -0.05) is 11.2 Å². The summed E-state index contributed by atoms with van der Waals surface area (Å²) < 4.78 is 5.39. The molecule has 6 nitrogen and oxygen atoms in total. The van der Waals surface area contributed by atoms with Gasteiger partial charge in [0.25, 0.3) is 5.91 Å². The number of carbonyl (C=O) groups excluding carboxylic acids is 1. The van der Waals surface area contributed by atoms with Gasteiger partial charge in [-0.3, -0.25) is 9.69 Å². The Balaban J connectivity index is 1.36. The van der Waals surface area contributed by atoms with Crippen molar-refractivity contribution < 1.29 is 9.32 Å². The van der Waals surface area contributed by atoms with Gasteiger partial charge in [0.15, 0.2) is 0 Å². The first-order chi connectivity index (χ1) is 12.3. The third-order valence-electron chi connectivity index (χ3n) is 4.21. The highest BCUT2D eigenvalue weighted by Gasteiger charge is 2.22. The van der Waals surface area contributed by atoms with E-state index in [2.05, 4.69) is 15.0 Å². The lowest BCUT2D eigenvalue weighted by molar-refractivity contribution is 0.0761. The Morgan fingerprint density at radius 2 is 2.16 bits per heavy atom. The fraction of sp³-hybridized carbons (Fsp3) is 0.353. The molecule has 1 aliphatic rings. The second-order valence-electron chi connectivity index (χ2n) is 5.92. The summed E-state index contributed by atoms with van der Waals surface area (Å²) in [6.07, 6.45) is 0.946. The molecule has 1 saturated heterocycles. The molecule has 0 spiro atoms. The van der Waals surface area contributed by atoms with Crippen molar-refractivity contribution in [1.82, 2.24) is 19.9 Å². The molecule has 130 valence electrons. The molecule has 3 aromatic rings. The average molecular weight is 374 g/mol. The highest BCUT2D eigenvalue weighted by Crippen LogP contribution is 2.22. The molecule has 0 bridgehead atoms. The van der Waals surface area contributed by atoms with E-state index in [0.29, 0.717) is 18.3 Å². The van der Waals surface area contributed by atoms with Gasteiger partial charge < -0.3 is 9.42 Å². The van der Waals surface area contributed by atoms with Crippen LogP contribution < -0.4 is 0 Å². The van der Waals surface area contributed by atoms with E-state index in [9.17, 15) is 4.79 Å². The molecule has 0 saturated carbocycles. The normalized spacial score (nSPS) is 16.1. The van der Waals surface area contributed by atoms with E-state index in [0.717, 1.165) is 43.0 Å². The first kappa shape index (κ1) is 16.4. The molecule has 0 radical (unpaired) electrons. The minimum absolute atomic E-state index is 0.126. The predicted octanol–water partition coefficient (Wildman–Crippen LogP) is 3.21.